The molecule has 3 rings (SSSR count). The van der Waals surface area contributed by atoms with Gasteiger partial charge in [-0.05, 0) is 6.92 Å². The van der Waals surface area contributed by atoms with E-state index in [1.807, 2.05) is 16.3 Å². The Balaban J connectivity index is 1.81. The van der Waals surface area contributed by atoms with Crippen molar-refractivity contribution in [1.82, 2.24) is 24.9 Å². The summed E-state index contributed by atoms with van der Waals surface area (Å²) in [6.07, 6.45) is 1.86. The van der Waals surface area contributed by atoms with E-state index >= 15 is 0 Å². The van der Waals surface area contributed by atoms with Gasteiger partial charge in [0.25, 0.3) is 0 Å². The minimum atomic E-state index is 0.332. The monoisotopic (exact) mass is 293 g/mol. The van der Waals surface area contributed by atoms with E-state index in [0.717, 1.165) is 36.9 Å². The second kappa shape index (κ2) is 5.99. The van der Waals surface area contributed by atoms with E-state index in [2.05, 4.69) is 27.1 Å². The lowest BCUT2D eigenvalue weighted by Crippen LogP contribution is -2.36. The standard InChI is InChI=1S/C13H19N5OS/c1-3-18-13-10(9-19-2)6-17(7-11(13)15-16-18)8-12-14-4-5-20-12/h4-5,10H,3,6-9H2,1-2H3/t10-/m0/s1. The van der Waals surface area contributed by atoms with Gasteiger partial charge in [0, 0.05) is 44.2 Å². The topological polar surface area (TPSA) is 56.1 Å². The lowest BCUT2D eigenvalue weighted by molar-refractivity contribution is 0.131. The first-order chi connectivity index (χ1) is 9.81. The number of aromatic nitrogens is 4. The van der Waals surface area contributed by atoms with Gasteiger partial charge < -0.3 is 4.74 Å². The van der Waals surface area contributed by atoms with Crippen LogP contribution in [0.4, 0.5) is 0 Å². The van der Waals surface area contributed by atoms with Crippen LogP contribution in [-0.2, 0) is 24.4 Å². The van der Waals surface area contributed by atoms with Crippen LogP contribution in [0.5, 0.6) is 0 Å². The van der Waals surface area contributed by atoms with Gasteiger partial charge in [0.2, 0.25) is 0 Å². The van der Waals surface area contributed by atoms with Gasteiger partial charge in [0.05, 0.1) is 18.8 Å². The number of fused-ring (bicyclic) bond motifs is 1. The van der Waals surface area contributed by atoms with Gasteiger partial charge in [-0.15, -0.1) is 16.4 Å². The molecule has 2 aromatic rings. The molecule has 3 heterocycles. The van der Waals surface area contributed by atoms with E-state index in [0.29, 0.717) is 12.5 Å². The fourth-order valence-electron chi connectivity index (χ4n) is 2.80. The Labute approximate surface area is 122 Å². The fraction of sp³-hybridized carbons (Fsp3) is 0.615. The summed E-state index contributed by atoms with van der Waals surface area (Å²) in [5.74, 6) is 0.332. The lowest BCUT2D eigenvalue weighted by atomic mass is 9.99. The second-order valence-electron chi connectivity index (χ2n) is 4.98. The largest absolute Gasteiger partial charge is 0.384 e. The van der Waals surface area contributed by atoms with E-state index in [1.165, 1.54) is 5.69 Å². The molecule has 20 heavy (non-hydrogen) atoms. The van der Waals surface area contributed by atoms with Crippen molar-refractivity contribution in [2.45, 2.75) is 32.5 Å². The molecule has 2 aromatic heterocycles. The van der Waals surface area contributed by atoms with Crippen molar-refractivity contribution in [2.24, 2.45) is 0 Å². The Hall–Kier alpha value is -1.31. The predicted octanol–water partition coefficient (Wildman–Crippen LogP) is 1.50. The van der Waals surface area contributed by atoms with Crippen LogP contribution in [0, 0.1) is 0 Å². The first kappa shape index (κ1) is 13.7. The molecular weight excluding hydrogens is 274 g/mol. The molecule has 1 atom stereocenters. The average Bonchev–Trinajstić information content (AvgIpc) is 3.08. The number of thiazole rings is 1. The van der Waals surface area contributed by atoms with Crippen molar-refractivity contribution in [1.29, 1.82) is 0 Å². The van der Waals surface area contributed by atoms with Crippen molar-refractivity contribution < 1.29 is 4.74 Å². The number of hydrogen-bond donors (Lipinski definition) is 0. The van der Waals surface area contributed by atoms with E-state index in [4.69, 9.17) is 4.74 Å². The molecule has 0 N–H and O–H groups in total. The molecule has 0 aliphatic carbocycles. The van der Waals surface area contributed by atoms with Crippen molar-refractivity contribution >= 4 is 11.3 Å². The molecule has 0 aromatic carbocycles. The smallest absolute Gasteiger partial charge is 0.107 e. The van der Waals surface area contributed by atoms with E-state index in [1.54, 1.807) is 18.4 Å². The van der Waals surface area contributed by atoms with Crippen LogP contribution in [0.25, 0.3) is 0 Å². The van der Waals surface area contributed by atoms with Crippen LogP contribution in [0.15, 0.2) is 11.6 Å². The average molecular weight is 293 g/mol. The van der Waals surface area contributed by atoms with Gasteiger partial charge in [-0.2, -0.15) is 0 Å². The van der Waals surface area contributed by atoms with Crippen LogP contribution in [0.2, 0.25) is 0 Å². The number of ether oxygens (including phenoxy) is 1. The molecule has 0 spiro atoms. The normalized spacial score (nSPS) is 19.2. The highest BCUT2D eigenvalue weighted by atomic mass is 32.1. The Morgan fingerprint density at radius 2 is 2.40 bits per heavy atom. The van der Waals surface area contributed by atoms with Crippen LogP contribution < -0.4 is 0 Å². The third-order valence-corrected chi connectivity index (χ3v) is 4.36. The number of nitrogens with zero attached hydrogens (tertiary/aromatic N) is 5. The first-order valence-electron chi connectivity index (χ1n) is 6.83. The molecular formula is C13H19N5OS. The highest BCUT2D eigenvalue weighted by Crippen LogP contribution is 2.28. The fourth-order valence-corrected chi connectivity index (χ4v) is 3.46. The summed E-state index contributed by atoms with van der Waals surface area (Å²) in [6.45, 7) is 6.34. The molecule has 0 bridgehead atoms. The maximum Gasteiger partial charge on any atom is 0.107 e. The van der Waals surface area contributed by atoms with Crippen LogP contribution in [0.3, 0.4) is 0 Å². The molecule has 0 saturated carbocycles. The number of aryl methyl sites for hydroxylation is 1. The molecule has 108 valence electrons. The Morgan fingerprint density at radius 3 is 3.10 bits per heavy atom. The van der Waals surface area contributed by atoms with Gasteiger partial charge in [-0.1, -0.05) is 5.21 Å². The van der Waals surface area contributed by atoms with Crippen molar-refractivity contribution in [2.75, 3.05) is 20.3 Å². The summed E-state index contributed by atoms with van der Waals surface area (Å²) in [5.41, 5.74) is 2.32. The third-order valence-electron chi connectivity index (χ3n) is 3.60. The van der Waals surface area contributed by atoms with Gasteiger partial charge in [-0.25, -0.2) is 9.67 Å². The molecule has 6 nitrogen and oxygen atoms in total. The molecule has 0 amide bonds. The Bertz CT molecular complexity index is 553. The zero-order chi connectivity index (χ0) is 13.9. The number of hydrogen-bond acceptors (Lipinski definition) is 6. The first-order valence-corrected chi connectivity index (χ1v) is 7.71. The molecule has 7 heteroatoms. The van der Waals surface area contributed by atoms with Crippen LogP contribution in [-0.4, -0.2) is 45.1 Å². The summed E-state index contributed by atoms with van der Waals surface area (Å²) in [4.78, 5) is 6.74. The summed E-state index contributed by atoms with van der Waals surface area (Å²) in [6, 6.07) is 0. The predicted molar refractivity (Wildman–Crippen MR) is 76.5 cm³/mol. The summed E-state index contributed by atoms with van der Waals surface area (Å²) in [5, 5.41) is 11.8. The highest BCUT2D eigenvalue weighted by Gasteiger charge is 2.30. The summed E-state index contributed by atoms with van der Waals surface area (Å²) < 4.78 is 7.38. The maximum absolute atomic E-state index is 5.38. The van der Waals surface area contributed by atoms with E-state index < -0.39 is 0 Å². The second-order valence-corrected chi connectivity index (χ2v) is 5.96. The van der Waals surface area contributed by atoms with Crippen molar-refractivity contribution in [3.8, 4) is 0 Å². The summed E-state index contributed by atoms with van der Waals surface area (Å²) >= 11 is 1.70. The van der Waals surface area contributed by atoms with Crippen LogP contribution in [0.1, 0.15) is 29.2 Å². The van der Waals surface area contributed by atoms with Crippen LogP contribution >= 0.6 is 11.3 Å². The minimum Gasteiger partial charge on any atom is -0.384 e. The molecule has 0 radical (unpaired) electrons. The van der Waals surface area contributed by atoms with Crippen molar-refractivity contribution in [3.63, 3.8) is 0 Å². The quantitative estimate of drug-likeness (QED) is 0.836. The molecule has 0 fully saturated rings. The number of rotatable bonds is 5. The van der Waals surface area contributed by atoms with Crippen molar-refractivity contribution in [3.05, 3.63) is 28.0 Å². The molecule has 1 aliphatic heterocycles. The Kier molecular flexibility index (Phi) is 4.09. The number of methoxy groups -OCH3 is 1. The molecule has 0 saturated heterocycles. The van der Waals surface area contributed by atoms with E-state index in [-0.39, 0.29) is 0 Å². The molecule has 0 unspecified atom stereocenters. The van der Waals surface area contributed by atoms with Gasteiger partial charge >= 0.3 is 0 Å². The SMILES string of the molecule is CCn1nnc2c1[C@H](COC)CN(Cc1nccs1)C2. The minimum absolute atomic E-state index is 0.332. The zero-order valence-electron chi connectivity index (χ0n) is 11.8. The lowest BCUT2D eigenvalue weighted by Gasteiger charge is -2.31. The van der Waals surface area contributed by atoms with Gasteiger partial charge in [-0.3, -0.25) is 4.90 Å². The van der Waals surface area contributed by atoms with E-state index in [9.17, 15) is 0 Å². The van der Waals surface area contributed by atoms with Gasteiger partial charge in [0.1, 0.15) is 10.7 Å². The third kappa shape index (κ3) is 2.61. The zero-order valence-corrected chi connectivity index (χ0v) is 12.6. The Morgan fingerprint density at radius 1 is 1.50 bits per heavy atom. The molecule has 1 aliphatic rings. The summed E-state index contributed by atoms with van der Waals surface area (Å²) in [7, 11) is 1.75. The maximum atomic E-state index is 5.38. The van der Waals surface area contributed by atoms with Gasteiger partial charge in [0.15, 0.2) is 0 Å². The highest BCUT2D eigenvalue weighted by molar-refractivity contribution is 7.09.